The standard InChI is InChI=1S/C10H8N4O6S/c15-10(16)6-1-2-8(9(3-6)14(17)18)13-21(19,20)7-4-11-12-5-7/h1-5,13H,(H,11,12)(H,15,16). The molecule has 1 aromatic carbocycles. The third kappa shape index (κ3) is 2.97. The Morgan fingerprint density at radius 1 is 1.43 bits per heavy atom. The van der Waals surface area contributed by atoms with Crippen LogP contribution in [0.2, 0.25) is 0 Å². The molecule has 21 heavy (non-hydrogen) atoms. The zero-order valence-corrected chi connectivity index (χ0v) is 11.0. The van der Waals surface area contributed by atoms with Crippen molar-refractivity contribution in [1.82, 2.24) is 10.2 Å². The smallest absolute Gasteiger partial charge is 0.335 e. The molecule has 0 unspecified atom stereocenters. The average molecular weight is 312 g/mol. The van der Waals surface area contributed by atoms with E-state index in [1.54, 1.807) is 0 Å². The molecular weight excluding hydrogens is 304 g/mol. The van der Waals surface area contributed by atoms with Gasteiger partial charge in [0, 0.05) is 12.3 Å². The molecule has 0 bridgehead atoms. The summed E-state index contributed by atoms with van der Waals surface area (Å²) >= 11 is 0. The molecule has 0 spiro atoms. The molecular formula is C10H8N4O6S. The lowest BCUT2D eigenvalue weighted by atomic mass is 10.2. The number of aromatic carboxylic acids is 1. The average Bonchev–Trinajstić information content (AvgIpc) is 2.92. The first kappa shape index (κ1) is 14.5. The van der Waals surface area contributed by atoms with Gasteiger partial charge in [0.1, 0.15) is 10.6 Å². The minimum absolute atomic E-state index is 0.209. The zero-order valence-electron chi connectivity index (χ0n) is 10.2. The number of H-pyrrole nitrogens is 1. The number of carbonyl (C=O) groups is 1. The predicted molar refractivity (Wildman–Crippen MR) is 69.5 cm³/mol. The summed E-state index contributed by atoms with van der Waals surface area (Å²) in [6, 6.07) is 2.84. The molecule has 1 aromatic heterocycles. The van der Waals surface area contributed by atoms with Crippen LogP contribution < -0.4 is 4.72 Å². The van der Waals surface area contributed by atoms with E-state index < -0.39 is 26.6 Å². The Morgan fingerprint density at radius 3 is 2.67 bits per heavy atom. The van der Waals surface area contributed by atoms with Gasteiger partial charge in [-0.1, -0.05) is 0 Å². The number of benzene rings is 1. The number of nitro benzene ring substituents is 1. The molecule has 110 valence electrons. The monoisotopic (exact) mass is 312 g/mol. The first-order valence-corrected chi connectivity index (χ1v) is 6.83. The lowest BCUT2D eigenvalue weighted by Crippen LogP contribution is -2.14. The fourth-order valence-corrected chi connectivity index (χ4v) is 2.47. The number of carboxylic acid groups (broad SMARTS) is 1. The van der Waals surface area contributed by atoms with Gasteiger partial charge in [-0.05, 0) is 12.1 Å². The molecule has 0 aliphatic rings. The molecule has 0 saturated carbocycles. The minimum atomic E-state index is -4.05. The van der Waals surface area contributed by atoms with Crippen LogP contribution in [0.4, 0.5) is 11.4 Å². The highest BCUT2D eigenvalue weighted by molar-refractivity contribution is 7.92. The number of nitrogens with zero attached hydrogens (tertiary/aromatic N) is 2. The number of sulfonamides is 1. The summed E-state index contributed by atoms with van der Waals surface area (Å²) in [5, 5.41) is 25.5. The van der Waals surface area contributed by atoms with E-state index in [4.69, 9.17) is 5.11 Å². The van der Waals surface area contributed by atoms with Gasteiger partial charge >= 0.3 is 5.97 Å². The molecule has 0 aliphatic carbocycles. The van der Waals surface area contributed by atoms with Crippen LogP contribution in [0.25, 0.3) is 0 Å². The molecule has 1 heterocycles. The highest BCUT2D eigenvalue weighted by Crippen LogP contribution is 2.27. The quantitative estimate of drug-likeness (QED) is 0.545. The Kier molecular flexibility index (Phi) is 3.58. The van der Waals surface area contributed by atoms with Gasteiger partial charge in [0.25, 0.3) is 15.7 Å². The second kappa shape index (κ2) is 5.20. The number of hydrogen-bond acceptors (Lipinski definition) is 6. The summed E-state index contributed by atoms with van der Waals surface area (Å²) in [4.78, 5) is 20.6. The van der Waals surface area contributed by atoms with Crippen LogP contribution >= 0.6 is 0 Å². The molecule has 2 rings (SSSR count). The van der Waals surface area contributed by atoms with E-state index in [2.05, 4.69) is 10.2 Å². The van der Waals surface area contributed by atoms with Gasteiger partial charge < -0.3 is 5.11 Å². The third-order valence-corrected chi connectivity index (χ3v) is 3.80. The van der Waals surface area contributed by atoms with Crippen molar-refractivity contribution in [3.05, 3.63) is 46.3 Å². The number of carboxylic acids is 1. The number of aromatic nitrogens is 2. The van der Waals surface area contributed by atoms with Crippen molar-refractivity contribution < 1.29 is 23.2 Å². The summed E-state index contributed by atoms with van der Waals surface area (Å²) in [7, 11) is -4.05. The maximum Gasteiger partial charge on any atom is 0.335 e. The van der Waals surface area contributed by atoms with Crippen molar-refractivity contribution in [2.24, 2.45) is 0 Å². The normalized spacial score (nSPS) is 11.0. The van der Waals surface area contributed by atoms with E-state index >= 15 is 0 Å². The number of anilines is 1. The molecule has 0 aliphatic heterocycles. The maximum atomic E-state index is 11.9. The molecule has 0 atom stereocenters. The van der Waals surface area contributed by atoms with Crippen molar-refractivity contribution in [3.63, 3.8) is 0 Å². The van der Waals surface area contributed by atoms with Gasteiger partial charge in [0.05, 0.1) is 16.7 Å². The zero-order chi connectivity index (χ0) is 15.6. The van der Waals surface area contributed by atoms with Crippen molar-refractivity contribution in [1.29, 1.82) is 0 Å². The Morgan fingerprint density at radius 2 is 2.14 bits per heavy atom. The second-order valence-corrected chi connectivity index (χ2v) is 5.52. The summed E-state index contributed by atoms with van der Waals surface area (Å²) in [6.07, 6.45) is 2.12. The van der Waals surface area contributed by atoms with Crippen LogP contribution in [0.3, 0.4) is 0 Å². The van der Waals surface area contributed by atoms with E-state index in [9.17, 15) is 23.3 Å². The van der Waals surface area contributed by atoms with E-state index in [0.717, 1.165) is 30.6 Å². The molecule has 0 saturated heterocycles. The largest absolute Gasteiger partial charge is 0.478 e. The highest BCUT2D eigenvalue weighted by Gasteiger charge is 2.23. The van der Waals surface area contributed by atoms with Gasteiger partial charge in [0.2, 0.25) is 0 Å². The number of nitro groups is 1. The van der Waals surface area contributed by atoms with Crippen LogP contribution in [0, 0.1) is 10.1 Å². The van der Waals surface area contributed by atoms with E-state index in [1.165, 1.54) is 0 Å². The SMILES string of the molecule is O=C(O)c1ccc(NS(=O)(=O)c2cn[nH]c2)c([N+](=O)[O-])c1. The van der Waals surface area contributed by atoms with Gasteiger partial charge in [-0.2, -0.15) is 5.10 Å². The van der Waals surface area contributed by atoms with Gasteiger partial charge in [0.15, 0.2) is 0 Å². The number of rotatable bonds is 5. The van der Waals surface area contributed by atoms with E-state index in [-0.39, 0.29) is 16.1 Å². The van der Waals surface area contributed by atoms with Crippen molar-refractivity contribution in [3.8, 4) is 0 Å². The van der Waals surface area contributed by atoms with Crippen molar-refractivity contribution in [2.45, 2.75) is 4.90 Å². The van der Waals surface area contributed by atoms with Crippen molar-refractivity contribution in [2.75, 3.05) is 4.72 Å². The second-order valence-electron chi connectivity index (χ2n) is 3.83. The van der Waals surface area contributed by atoms with Crippen LogP contribution in [-0.2, 0) is 10.0 Å². The number of hydrogen-bond donors (Lipinski definition) is 3. The summed E-state index contributed by atoms with van der Waals surface area (Å²) in [5.74, 6) is -1.36. The van der Waals surface area contributed by atoms with Crippen molar-refractivity contribution >= 4 is 27.4 Å². The topological polar surface area (TPSA) is 155 Å². The number of nitrogens with one attached hydrogen (secondary N) is 2. The molecule has 0 fully saturated rings. The molecule has 11 heteroatoms. The fourth-order valence-electron chi connectivity index (χ4n) is 1.49. The van der Waals surface area contributed by atoms with Gasteiger partial charge in [-0.3, -0.25) is 19.9 Å². The van der Waals surface area contributed by atoms with Crippen LogP contribution in [-0.4, -0.2) is 34.6 Å². The van der Waals surface area contributed by atoms with Crippen LogP contribution in [0.5, 0.6) is 0 Å². The Balaban J connectivity index is 2.45. The third-order valence-electron chi connectivity index (χ3n) is 2.47. The first-order valence-electron chi connectivity index (χ1n) is 5.34. The summed E-state index contributed by atoms with van der Waals surface area (Å²) in [5.41, 5.74) is -1.33. The highest BCUT2D eigenvalue weighted by atomic mass is 32.2. The molecule has 3 N–H and O–H groups in total. The molecule has 2 aromatic rings. The predicted octanol–water partition coefficient (Wildman–Crippen LogP) is 0.817. The molecule has 10 nitrogen and oxygen atoms in total. The lowest BCUT2D eigenvalue weighted by Gasteiger charge is -2.07. The van der Waals surface area contributed by atoms with E-state index in [1.807, 2.05) is 4.72 Å². The van der Waals surface area contributed by atoms with E-state index in [0.29, 0.717) is 0 Å². The summed E-state index contributed by atoms with van der Waals surface area (Å²) < 4.78 is 25.9. The van der Waals surface area contributed by atoms with Crippen LogP contribution in [0.1, 0.15) is 10.4 Å². The van der Waals surface area contributed by atoms with Gasteiger partial charge in [-0.25, -0.2) is 13.2 Å². The minimum Gasteiger partial charge on any atom is -0.478 e. The van der Waals surface area contributed by atoms with Gasteiger partial charge in [-0.15, -0.1) is 0 Å². The maximum absolute atomic E-state index is 11.9. The Labute approximate surface area is 117 Å². The Hall–Kier alpha value is -2.95. The molecule has 0 amide bonds. The fraction of sp³-hybridized carbons (Fsp3) is 0. The van der Waals surface area contributed by atoms with Crippen LogP contribution in [0.15, 0.2) is 35.5 Å². The summed E-state index contributed by atoms with van der Waals surface area (Å²) in [6.45, 7) is 0. The number of aromatic amines is 1. The molecule has 0 radical (unpaired) electrons. The lowest BCUT2D eigenvalue weighted by molar-refractivity contribution is -0.383. The first-order chi connectivity index (χ1) is 9.81. The Bertz CT molecular complexity index is 799.